The number of amides is 2. The average Bonchev–Trinajstić information content (AvgIpc) is 2.62. The third-order valence-electron chi connectivity index (χ3n) is 3.98. The molecule has 1 N–H and O–H groups in total. The number of likely N-dealkylation sites (tertiary alicyclic amines) is 1. The van der Waals surface area contributed by atoms with E-state index in [0.29, 0.717) is 6.54 Å². The van der Waals surface area contributed by atoms with E-state index >= 15 is 0 Å². The van der Waals surface area contributed by atoms with Gasteiger partial charge in [-0.05, 0) is 25.5 Å². The molecule has 1 unspecified atom stereocenters. The first-order chi connectivity index (χ1) is 8.65. The minimum Gasteiger partial charge on any atom is -0.382 e. The Morgan fingerprint density at radius 3 is 2.67 bits per heavy atom. The Bertz CT molecular complexity index is 526. The SMILES string of the molecule is CCN1C(=O)[C@@H]2c3ccccc3NC(C)[C@@H]2C1=O. The van der Waals surface area contributed by atoms with E-state index in [1.807, 2.05) is 38.1 Å². The lowest BCUT2D eigenvalue weighted by molar-refractivity contribution is -0.139. The van der Waals surface area contributed by atoms with Gasteiger partial charge in [-0.3, -0.25) is 14.5 Å². The maximum absolute atomic E-state index is 12.4. The molecule has 18 heavy (non-hydrogen) atoms. The summed E-state index contributed by atoms with van der Waals surface area (Å²) in [5, 5.41) is 3.33. The quantitative estimate of drug-likeness (QED) is 0.763. The van der Waals surface area contributed by atoms with Crippen molar-refractivity contribution >= 4 is 17.5 Å². The Balaban J connectivity index is 2.13. The predicted molar refractivity (Wildman–Crippen MR) is 68.2 cm³/mol. The highest BCUT2D eigenvalue weighted by atomic mass is 16.2. The fourth-order valence-corrected chi connectivity index (χ4v) is 3.13. The van der Waals surface area contributed by atoms with E-state index in [2.05, 4.69) is 5.32 Å². The number of benzene rings is 1. The Hall–Kier alpha value is -1.84. The molecule has 0 spiro atoms. The number of anilines is 1. The Morgan fingerprint density at radius 1 is 1.22 bits per heavy atom. The van der Waals surface area contributed by atoms with Gasteiger partial charge in [0.2, 0.25) is 11.8 Å². The number of carbonyl (C=O) groups excluding carboxylic acids is 2. The largest absolute Gasteiger partial charge is 0.382 e. The number of hydrogen-bond acceptors (Lipinski definition) is 3. The summed E-state index contributed by atoms with van der Waals surface area (Å²) >= 11 is 0. The molecular formula is C14H16N2O2. The molecule has 1 saturated heterocycles. The van der Waals surface area contributed by atoms with Crippen molar-refractivity contribution in [2.45, 2.75) is 25.8 Å². The summed E-state index contributed by atoms with van der Waals surface area (Å²) in [6.45, 7) is 4.27. The smallest absolute Gasteiger partial charge is 0.237 e. The number of fused-ring (bicyclic) bond motifs is 3. The van der Waals surface area contributed by atoms with Gasteiger partial charge in [-0.15, -0.1) is 0 Å². The molecule has 2 amide bonds. The van der Waals surface area contributed by atoms with Gasteiger partial charge < -0.3 is 5.32 Å². The number of para-hydroxylation sites is 1. The number of rotatable bonds is 1. The summed E-state index contributed by atoms with van der Waals surface area (Å²) in [5.41, 5.74) is 1.93. The zero-order chi connectivity index (χ0) is 12.9. The number of hydrogen-bond donors (Lipinski definition) is 1. The van der Waals surface area contributed by atoms with Crippen LogP contribution in [0.1, 0.15) is 25.3 Å². The molecule has 0 radical (unpaired) electrons. The number of likely N-dealkylation sites (N-methyl/N-ethyl adjacent to an activating group) is 1. The van der Waals surface area contributed by atoms with Crippen LogP contribution in [0.25, 0.3) is 0 Å². The molecule has 0 aliphatic carbocycles. The molecule has 1 aromatic rings. The summed E-state index contributed by atoms with van der Waals surface area (Å²) in [4.78, 5) is 26.0. The fraction of sp³-hybridized carbons (Fsp3) is 0.429. The first-order valence-electron chi connectivity index (χ1n) is 6.35. The fourth-order valence-electron chi connectivity index (χ4n) is 3.13. The van der Waals surface area contributed by atoms with Crippen molar-refractivity contribution in [2.24, 2.45) is 5.92 Å². The van der Waals surface area contributed by atoms with Gasteiger partial charge in [0.25, 0.3) is 0 Å². The van der Waals surface area contributed by atoms with Crippen LogP contribution in [-0.2, 0) is 9.59 Å². The zero-order valence-electron chi connectivity index (χ0n) is 10.5. The molecule has 3 rings (SSSR count). The molecule has 1 aromatic carbocycles. The molecule has 0 bridgehead atoms. The molecule has 4 heteroatoms. The van der Waals surface area contributed by atoms with Crippen LogP contribution in [-0.4, -0.2) is 29.3 Å². The molecule has 3 atom stereocenters. The van der Waals surface area contributed by atoms with Gasteiger partial charge in [0, 0.05) is 18.3 Å². The molecule has 1 fully saturated rings. The number of carbonyl (C=O) groups is 2. The maximum atomic E-state index is 12.4. The normalized spacial score (nSPS) is 29.9. The highest BCUT2D eigenvalue weighted by molar-refractivity contribution is 6.09. The molecule has 94 valence electrons. The van der Waals surface area contributed by atoms with Crippen molar-refractivity contribution < 1.29 is 9.59 Å². The monoisotopic (exact) mass is 244 g/mol. The third-order valence-corrected chi connectivity index (χ3v) is 3.98. The Kier molecular flexibility index (Phi) is 2.40. The van der Waals surface area contributed by atoms with Crippen LogP contribution < -0.4 is 5.32 Å². The second kappa shape index (κ2) is 3.83. The van der Waals surface area contributed by atoms with Gasteiger partial charge in [-0.1, -0.05) is 18.2 Å². The minimum absolute atomic E-state index is 0.00194. The average molecular weight is 244 g/mol. The molecule has 0 aromatic heterocycles. The van der Waals surface area contributed by atoms with Crippen LogP contribution in [0.3, 0.4) is 0 Å². The van der Waals surface area contributed by atoms with Crippen LogP contribution in [0.5, 0.6) is 0 Å². The van der Waals surface area contributed by atoms with Crippen LogP contribution in [0, 0.1) is 5.92 Å². The standard InChI is InChI=1S/C14H16N2O2/c1-3-16-13(17)11-8(2)15-10-7-5-4-6-9(10)12(11)14(16)18/h4-8,11-12,15H,3H2,1-2H3/t8?,11-,12+/m0/s1. The van der Waals surface area contributed by atoms with Crippen molar-refractivity contribution in [2.75, 3.05) is 11.9 Å². The van der Waals surface area contributed by atoms with Crippen molar-refractivity contribution in [1.82, 2.24) is 4.90 Å². The van der Waals surface area contributed by atoms with Crippen LogP contribution in [0.2, 0.25) is 0 Å². The van der Waals surface area contributed by atoms with Crippen molar-refractivity contribution in [3.05, 3.63) is 29.8 Å². The van der Waals surface area contributed by atoms with Crippen molar-refractivity contribution in [3.8, 4) is 0 Å². The van der Waals surface area contributed by atoms with Gasteiger partial charge in [0.15, 0.2) is 0 Å². The number of nitrogens with one attached hydrogen (secondary N) is 1. The van der Waals surface area contributed by atoms with E-state index in [1.54, 1.807) is 0 Å². The van der Waals surface area contributed by atoms with Crippen molar-refractivity contribution in [3.63, 3.8) is 0 Å². The van der Waals surface area contributed by atoms with E-state index in [4.69, 9.17) is 0 Å². The minimum atomic E-state index is -0.301. The Morgan fingerprint density at radius 2 is 1.94 bits per heavy atom. The lowest BCUT2D eigenvalue weighted by Gasteiger charge is -2.31. The van der Waals surface area contributed by atoms with Gasteiger partial charge in [-0.2, -0.15) is 0 Å². The number of imide groups is 1. The van der Waals surface area contributed by atoms with Crippen LogP contribution in [0.15, 0.2) is 24.3 Å². The third kappa shape index (κ3) is 1.32. The van der Waals surface area contributed by atoms with Gasteiger partial charge in [0.1, 0.15) is 0 Å². The summed E-state index contributed by atoms with van der Waals surface area (Å²) < 4.78 is 0. The molecular weight excluding hydrogens is 228 g/mol. The molecule has 0 saturated carbocycles. The summed E-state index contributed by atoms with van der Waals surface area (Å²) in [6.07, 6.45) is 0. The molecule has 2 aliphatic rings. The highest BCUT2D eigenvalue weighted by Gasteiger charge is 2.52. The maximum Gasteiger partial charge on any atom is 0.237 e. The predicted octanol–water partition coefficient (Wildman–Crippen LogP) is 1.59. The van der Waals surface area contributed by atoms with Crippen LogP contribution in [0.4, 0.5) is 5.69 Å². The second-order valence-corrected chi connectivity index (χ2v) is 4.94. The van der Waals surface area contributed by atoms with Crippen molar-refractivity contribution in [1.29, 1.82) is 0 Å². The lowest BCUT2D eigenvalue weighted by atomic mass is 9.79. The van der Waals surface area contributed by atoms with E-state index < -0.39 is 0 Å². The zero-order valence-corrected chi connectivity index (χ0v) is 10.5. The number of nitrogens with zero attached hydrogens (tertiary/aromatic N) is 1. The van der Waals surface area contributed by atoms with E-state index in [9.17, 15) is 9.59 Å². The summed E-state index contributed by atoms with van der Waals surface area (Å²) in [6, 6.07) is 7.76. The second-order valence-electron chi connectivity index (χ2n) is 4.94. The van der Waals surface area contributed by atoms with E-state index in [-0.39, 0.29) is 29.7 Å². The highest BCUT2D eigenvalue weighted by Crippen LogP contribution is 2.44. The topological polar surface area (TPSA) is 49.4 Å². The van der Waals surface area contributed by atoms with Gasteiger partial charge in [-0.25, -0.2) is 0 Å². The summed E-state index contributed by atoms with van der Waals surface area (Å²) in [5.74, 6) is -0.646. The van der Waals surface area contributed by atoms with Crippen LogP contribution >= 0.6 is 0 Å². The Labute approximate surface area is 106 Å². The molecule has 2 aliphatic heterocycles. The van der Waals surface area contributed by atoms with Gasteiger partial charge in [0.05, 0.1) is 11.8 Å². The first-order valence-corrected chi connectivity index (χ1v) is 6.35. The van der Waals surface area contributed by atoms with Gasteiger partial charge >= 0.3 is 0 Å². The summed E-state index contributed by atoms with van der Waals surface area (Å²) in [7, 11) is 0. The molecule has 2 heterocycles. The first kappa shape index (κ1) is 11.3. The lowest BCUT2D eigenvalue weighted by Crippen LogP contribution is -2.38. The molecule has 4 nitrogen and oxygen atoms in total. The van der Waals surface area contributed by atoms with E-state index in [0.717, 1.165) is 11.3 Å². The van der Waals surface area contributed by atoms with E-state index in [1.165, 1.54) is 4.90 Å².